The molecule has 2 aliphatic rings. The Bertz CT molecular complexity index is 1180. The standard InChI is InChI=1S/C26H28N6O3/c1-33-23-16-32(17-23)15-21-4-3-20(14-29-21)30-26-28-9-6-24(31-26)18-2-5-25(19(12-18)13-27)35-22-7-10-34-11-8-22/h2-6,9,12,14,22-23H,7-8,10-11,15-17H2,1H3,(H,28,30,31). The molecule has 0 bridgehead atoms. The molecule has 0 radical (unpaired) electrons. The molecule has 1 N–H and O–H groups in total. The second kappa shape index (κ2) is 10.8. The summed E-state index contributed by atoms with van der Waals surface area (Å²) < 4.78 is 16.8. The number of hydrogen-bond donors (Lipinski definition) is 1. The van der Waals surface area contributed by atoms with Crippen molar-refractivity contribution in [2.75, 3.05) is 38.7 Å². The van der Waals surface area contributed by atoms with Crippen molar-refractivity contribution in [1.29, 1.82) is 5.26 Å². The number of nitrogens with one attached hydrogen (secondary N) is 1. The zero-order valence-electron chi connectivity index (χ0n) is 19.7. The van der Waals surface area contributed by atoms with Gasteiger partial charge in [-0.25, -0.2) is 9.97 Å². The van der Waals surface area contributed by atoms with Gasteiger partial charge in [-0.3, -0.25) is 9.88 Å². The highest BCUT2D eigenvalue weighted by molar-refractivity contribution is 5.65. The summed E-state index contributed by atoms with van der Waals surface area (Å²) in [4.78, 5) is 15.8. The summed E-state index contributed by atoms with van der Waals surface area (Å²) >= 11 is 0. The van der Waals surface area contributed by atoms with E-state index in [0.717, 1.165) is 49.4 Å². The Kier molecular flexibility index (Phi) is 7.14. The third-order valence-corrected chi connectivity index (χ3v) is 6.24. The van der Waals surface area contributed by atoms with Crippen LogP contribution in [0.25, 0.3) is 11.3 Å². The molecule has 1 aromatic carbocycles. The van der Waals surface area contributed by atoms with Crippen molar-refractivity contribution in [3.63, 3.8) is 0 Å². The molecular formula is C26H28N6O3. The summed E-state index contributed by atoms with van der Waals surface area (Å²) in [7, 11) is 1.75. The molecule has 9 heteroatoms. The number of rotatable bonds is 8. The third kappa shape index (κ3) is 5.74. The summed E-state index contributed by atoms with van der Waals surface area (Å²) in [6.07, 6.45) is 5.55. The Morgan fingerprint density at radius 1 is 1.11 bits per heavy atom. The normalized spacial score (nSPS) is 16.9. The van der Waals surface area contributed by atoms with E-state index < -0.39 is 0 Å². The first-order valence-electron chi connectivity index (χ1n) is 11.8. The average molecular weight is 473 g/mol. The molecule has 0 atom stereocenters. The summed E-state index contributed by atoms with van der Waals surface area (Å²) in [5.74, 6) is 1.06. The van der Waals surface area contributed by atoms with E-state index in [-0.39, 0.29) is 6.10 Å². The lowest BCUT2D eigenvalue weighted by Gasteiger charge is -2.37. The van der Waals surface area contributed by atoms with Gasteiger partial charge in [-0.15, -0.1) is 0 Å². The van der Waals surface area contributed by atoms with Crippen molar-refractivity contribution < 1.29 is 14.2 Å². The number of likely N-dealkylation sites (tertiary alicyclic amines) is 1. The van der Waals surface area contributed by atoms with E-state index in [1.54, 1.807) is 25.6 Å². The molecule has 5 rings (SSSR count). The minimum Gasteiger partial charge on any atom is -0.489 e. The van der Waals surface area contributed by atoms with E-state index in [9.17, 15) is 5.26 Å². The Hall–Kier alpha value is -3.58. The van der Waals surface area contributed by atoms with Crippen LogP contribution in [0, 0.1) is 11.3 Å². The quantitative estimate of drug-likeness (QED) is 0.527. The van der Waals surface area contributed by atoms with Crippen LogP contribution in [-0.2, 0) is 16.0 Å². The number of aromatic nitrogens is 3. The number of nitriles is 1. The summed E-state index contributed by atoms with van der Waals surface area (Å²) in [6.45, 7) is 4.06. The fraction of sp³-hybridized carbons (Fsp3) is 0.385. The largest absolute Gasteiger partial charge is 0.489 e. The molecule has 9 nitrogen and oxygen atoms in total. The van der Waals surface area contributed by atoms with Gasteiger partial charge >= 0.3 is 0 Å². The zero-order valence-corrected chi connectivity index (χ0v) is 19.7. The van der Waals surface area contributed by atoms with E-state index in [2.05, 4.69) is 31.2 Å². The summed E-state index contributed by atoms with van der Waals surface area (Å²) in [6, 6.07) is 13.6. The van der Waals surface area contributed by atoms with Gasteiger partial charge in [0.2, 0.25) is 5.95 Å². The number of benzene rings is 1. The second-order valence-corrected chi connectivity index (χ2v) is 8.73. The van der Waals surface area contributed by atoms with Gasteiger partial charge in [0.1, 0.15) is 17.9 Å². The van der Waals surface area contributed by atoms with Crippen LogP contribution in [0.15, 0.2) is 48.8 Å². The van der Waals surface area contributed by atoms with Crippen molar-refractivity contribution in [2.24, 2.45) is 0 Å². The molecule has 2 aromatic heterocycles. The highest BCUT2D eigenvalue weighted by Gasteiger charge is 2.26. The smallest absolute Gasteiger partial charge is 0.227 e. The predicted molar refractivity (Wildman–Crippen MR) is 130 cm³/mol. The lowest BCUT2D eigenvalue weighted by molar-refractivity contribution is -0.0339. The summed E-state index contributed by atoms with van der Waals surface area (Å²) in [5, 5.41) is 12.9. The molecule has 2 aliphatic heterocycles. The van der Waals surface area contributed by atoms with Crippen molar-refractivity contribution in [2.45, 2.75) is 31.6 Å². The first-order valence-corrected chi connectivity index (χ1v) is 11.8. The van der Waals surface area contributed by atoms with Crippen LogP contribution in [0.4, 0.5) is 11.6 Å². The van der Waals surface area contributed by atoms with E-state index in [1.165, 1.54) is 0 Å². The molecule has 3 aromatic rings. The van der Waals surface area contributed by atoms with Crippen LogP contribution in [0.1, 0.15) is 24.1 Å². The minimum atomic E-state index is 0.0738. The highest BCUT2D eigenvalue weighted by Crippen LogP contribution is 2.28. The summed E-state index contributed by atoms with van der Waals surface area (Å²) in [5.41, 5.74) is 3.84. The monoisotopic (exact) mass is 472 g/mol. The fourth-order valence-corrected chi connectivity index (χ4v) is 4.18. The number of nitrogens with zero attached hydrogens (tertiary/aromatic N) is 5. The van der Waals surface area contributed by atoms with E-state index in [4.69, 9.17) is 14.2 Å². The molecule has 180 valence electrons. The van der Waals surface area contributed by atoms with Crippen molar-refractivity contribution in [1.82, 2.24) is 19.9 Å². The van der Waals surface area contributed by atoms with Crippen LogP contribution < -0.4 is 10.1 Å². The van der Waals surface area contributed by atoms with Crippen molar-refractivity contribution in [3.8, 4) is 23.1 Å². The Balaban J connectivity index is 1.24. The Morgan fingerprint density at radius 2 is 1.97 bits per heavy atom. The van der Waals surface area contributed by atoms with Gasteiger partial charge in [-0.2, -0.15) is 5.26 Å². The van der Waals surface area contributed by atoms with Gasteiger partial charge in [0.25, 0.3) is 0 Å². The molecule has 0 aliphatic carbocycles. The third-order valence-electron chi connectivity index (χ3n) is 6.24. The molecular weight excluding hydrogens is 444 g/mol. The maximum Gasteiger partial charge on any atom is 0.227 e. The minimum absolute atomic E-state index is 0.0738. The number of anilines is 2. The van der Waals surface area contributed by atoms with Crippen LogP contribution in [0.5, 0.6) is 5.75 Å². The van der Waals surface area contributed by atoms with Crippen LogP contribution in [-0.4, -0.2) is 65.5 Å². The first kappa shape index (κ1) is 23.2. The topological polar surface area (TPSA) is 105 Å². The van der Waals surface area contributed by atoms with Gasteiger partial charge in [0.05, 0.1) is 48.2 Å². The second-order valence-electron chi connectivity index (χ2n) is 8.73. The molecule has 2 fully saturated rings. The molecule has 4 heterocycles. The van der Waals surface area contributed by atoms with Crippen molar-refractivity contribution >= 4 is 11.6 Å². The van der Waals surface area contributed by atoms with Gasteiger partial charge in [0.15, 0.2) is 0 Å². The predicted octanol–water partition coefficient (Wildman–Crippen LogP) is 3.54. The SMILES string of the molecule is COC1CN(Cc2ccc(Nc3nccc(-c4ccc(OC5CCOCC5)c(C#N)c4)n3)cn2)C1. The Morgan fingerprint density at radius 3 is 2.71 bits per heavy atom. The fourth-order valence-electron chi connectivity index (χ4n) is 4.18. The van der Waals surface area contributed by atoms with E-state index in [1.807, 2.05) is 30.3 Å². The lowest BCUT2D eigenvalue weighted by atomic mass is 10.1. The van der Waals surface area contributed by atoms with Gasteiger partial charge in [-0.1, -0.05) is 0 Å². The molecule has 0 amide bonds. The van der Waals surface area contributed by atoms with Gasteiger partial charge in [0, 0.05) is 51.3 Å². The van der Waals surface area contributed by atoms with Crippen LogP contribution in [0.3, 0.4) is 0 Å². The molecule has 0 spiro atoms. The molecule has 2 saturated heterocycles. The van der Waals surface area contributed by atoms with Gasteiger partial charge < -0.3 is 19.5 Å². The molecule has 0 saturated carbocycles. The maximum absolute atomic E-state index is 9.67. The van der Waals surface area contributed by atoms with Crippen molar-refractivity contribution in [3.05, 3.63) is 60.0 Å². The van der Waals surface area contributed by atoms with Gasteiger partial charge in [-0.05, 0) is 36.4 Å². The zero-order chi connectivity index (χ0) is 24.0. The van der Waals surface area contributed by atoms with E-state index >= 15 is 0 Å². The molecule has 0 unspecified atom stereocenters. The maximum atomic E-state index is 9.67. The number of ether oxygens (including phenoxy) is 3. The van der Waals surface area contributed by atoms with Crippen LogP contribution in [0.2, 0.25) is 0 Å². The lowest BCUT2D eigenvalue weighted by Crippen LogP contribution is -2.51. The molecule has 35 heavy (non-hydrogen) atoms. The average Bonchev–Trinajstić information content (AvgIpc) is 2.88. The number of hydrogen-bond acceptors (Lipinski definition) is 9. The highest BCUT2D eigenvalue weighted by atomic mass is 16.5. The number of methoxy groups -OCH3 is 1. The Labute approximate surface area is 204 Å². The van der Waals surface area contributed by atoms with E-state index in [0.29, 0.717) is 42.3 Å². The number of pyridine rings is 1. The van der Waals surface area contributed by atoms with Crippen LogP contribution >= 0.6 is 0 Å². The first-order chi connectivity index (χ1) is 17.2.